The first-order valence-corrected chi connectivity index (χ1v) is 6.48. The third-order valence-corrected chi connectivity index (χ3v) is 2.77. The van der Waals surface area contributed by atoms with Gasteiger partial charge >= 0.3 is 0 Å². The number of para-hydroxylation sites is 1. The van der Waals surface area contributed by atoms with E-state index in [1.54, 1.807) is 6.08 Å². The van der Waals surface area contributed by atoms with E-state index < -0.39 is 0 Å². The van der Waals surface area contributed by atoms with Crippen LogP contribution in [0, 0.1) is 0 Å². The van der Waals surface area contributed by atoms with Gasteiger partial charge < -0.3 is 15.8 Å². The molecule has 0 radical (unpaired) electrons. The summed E-state index contributed by atoms with van der Waals surface area (Å²) in [5.41, 5.74) is 5.66. The van der Waals surface area contributed by atoms with Crippen LogP contribution in [0.1, 0.15) is 6.92 Å². The Hall–Kier alpha value is -0.760. The molecular weight excluding hydrogens is 421 g/mol. The minimum atomic E-state index is -0.0484. The molecule has 0 spiro atoms. The molecule has 19 heavy (non-hydrogen) atoms. The molecule has 0 aliphatic heterocycles. The van der Waals surface area contributed by atoms with Crippen LogP contribution in [0.15, 0.2) is 46.4 Å². The molecule has 3 N–H and O–H groups in total. The van der Waals surface area contributed by atoms with Gasteiger partial charge in [0.1, 0.15) is 11.9 Å². The maximum Gasteiger partial charge on any atom is 0.188 e. The highest BCUT2D eigenvalue weighted by Crippen LogP contribution is 2.24. The van der Waals surface area contributed by atoms with Crippen molar-refractivity contribution in [3.05, 3.63) is 41.4 Å². The minimum absolute atomic E-state index is 0. The van der Waals surface area contributed by atoms with E-state index in [9.17, 15) is 0 Å². The van der Waals surface area contributed by atoms with E-state index in [0.717, 1.165) is 10.2 Å². The Labute approximate surface area is 139 Å². The predicted octanol–water partition coefficient (Wildman–Crippen LogP) is 2.92. The topological polar surface area (TPSA) is 59.6 Å². The van der Waals surface area contributed by atoms with Gasteiger partial charge in [-0.1, -0.05) is 18.2 Å². The van der Waals surface area contributed by atoms with Crippen LogP contribution < -0.4 is 15.8 Å². The number of benzene rings is 1. The largest absolute Gasteiger partial charge is 0.488 e. The van der Waals surface area contributed by atoms with Crippen LogP contribution in [-0.2, 0) is 0 Å². The highest BCUT2D eigenvalue weighted by atomic mass is 127. The second-order valence-corrected chi connectivity index (χ2v) is 4.61. The third-order valence-electron chi connectivity index (χ3n) is 2.11. The molecule has 1 rings (SSSR count). The van der Waals surface area contributed by atoms with Gasteiger partial charge in [-0.3, -0.25) is 0 Å². The second-order valence-electron chi connectivity index (χ2n) is 3.75. The molecule has 0 heterocycles. The lowest BCUT2D eigenvalue weighted by molar-refractivity contribution is 0.229. The van der Waals surface area contributed by atoms with E-state index in [0.29, 0.717) is 19.0 Å². The molecule has 0 aliphatic carbocycles. The number of nitrogens with one attached hydrogen (secondary N) is 1. The van der Waals surface area contributed by atoms with Crippen LogP contribution in [0.4, 0.5) is 0 Å². The van der Waals surface area contributed by atoms with Crippen molar-refractivity contribution in [3.63, 3.8) is 0 Å². The van der Waals surface area contributed by atoms with Crippen LogP contribution in [0.5, 0.6) is 5.75 Å². The zero-order valence-corrected chi connectivity index (χ0v) is 14.7. The number of halogens is 2. The molecule has 0 fully saturated rings. The molecule has 6 heteroatoms. The summed E-state index contributed by atoms with van der Waals surface area (Å²) in [5, 5.41) is 2.91. The monoisotopic (exact) mass is 439 g/mol. The molecule has 1 unspecified atom stereocenters. The number of guanidine groups is 1. The molecular formula is C13H19BrIN3O. The van der Waals surface area contributed by atoms with E-state index >= 15 is 0 Å². The van der Waals surface area contributed by atoms with Crippen LogP contribution in [0.2, 0.25) is 0 Å². The summed E-state index contributed by atoms with van der Waals surface area (Å²) >= 11 is 3.43. The van der Waals surface area contributed by atoms with Gasteiger partial charge in [0.25, 0.3) is 0 Å². The summed E-state index contributed by atoms with van der Waals surface area (Å²) in [7, 11) is 0. The van der Waals surface area contributed by atoms with E-state index in [4.69, 9.17) is 10.5 Å². The van der Waals surface area contributed by atoms with Crippen molar-refractivity contribution in [2.24, 2.45) is 10.7 Å². The molecule has 4 nitrogen and oxygen atoms in total. The van der Waals surface area contributed by atoms with Gasteiger partial charge in [-0.25, -0.2) is 4.99 Å². The van der Waals surface area contributed by atoms with Gasteiger partial charge in [-0.05, 0) is 35.0 Å². The standard InChI is InChI=1S/C13H18BrN3O.HI/c1-3-8-16-13(15)17-9-10(2)18-12-7-5-4-6-11(12)14;/h3-7,10H,1,8-9H2,2H3,(H3,15,16,17);1H. The summed E-state index contributed by atoms with van der Waals surface area (Å²) < 4.78 is 6.67. The number of aliphatic imine (C=N–C) groups is 1. The molecule has 1 aromatic rings. The zero-order chi connectivity index (χ0) is 13.4. The Morgan fingerprint density at radius 1 is 1.58 bits per heavy atom. The average molecular weight is 440 g/mol. The average Bonchev–Trinajstić information content (AvgIpc) is 2.36. The number of nitrogens with two attached hydrogens (primary N) is 1. The molecule has 1 atom stereocenters. The zero-order valence-electron chi connectivity index (χ0n) is 10.8. The minimum Gasteiger partial charge on any atom is -0.488 e. The molecule has 0 bridgehead atoms. The Balaban J connectivity index is 0.00000324. The Kier molecular flexibility index (Phi) is 9.68. The Morgan fingerprint density at radius 2 is 2.26 bits per heavy atom. The normalized spacial score (nSPS) is 12.2. The number of rotatable bonds is 6. The van der Waals surface area contributed by atoms with E-state index in [-0.39, 0.29) is 30.1 Å². The molecule has 0 aliphatic rings. The fourth-order valence-electron chi connectivity index (χ4n) is 1.25. The number of nitrogens with zero attached hydrogens (tertiary/aromatic N) is 1. The number of hydrogen-bond acceptors (Lipinski definition) is 2. The Bertz CT molecular complexity index is 426. The molecule has 106 valence electrons. The van der Waals surface area contributed by atoms with Gasteiger partial charge in [0, 0.05) is 6.54 Å². The lowest BCUT2D eigenvalue weighted by Gasteiger charge is -2.14. The van der Waals surface area contributed by atoms with Crippen molar-refractivity contribution in [1.82, 2.24) is 5.32 Å². The third kappa shape index (κ3) is 7.41. The highest BCUT2D eigenvalue weighted by molar-refractivity contribution is 14.0. The van der Waals surface area contributed by atoms with Crippen molar-refractivity contribution in [2.45, 2.75) is 13.0 Å². The van der Waals surface area contributed by atoms with Crippen LogP contribution in [0.3, 0.4) is 0 Å². The molecule has 1 aromatic carbocycles. The lowest BCUT2D eigenvalue weighted by atomic mass is 10.3. The van der Waals surface area contributed by atoms with E-state index in [2.05, 4.69) is 32.8 Å². The van der Waals surface area contributed by atoms with Gasteiger partial charge in [-0.15, -0.1) is 30.6 Å². The Morgan fingerprint density at radius 3 is 2.89 bits per heavy atom. The first kappa shape index (κ1) is 18.2. The van der Waals surface area contributed by atoms with Crippen molar-refractivity contribution in [3.8, 4) is 5.75 Å². The van der Waals surface area contributed by atoms with Gasteiger partial charge in [-0.2, -0.15) is 0 Å². The van der Waals surface area contributed by atoms with E-state index in [1.165, 1.54) is 0 Å². The molecule has 0 amide bonds. The first-order chi connectivity index (χ1) is 8.63. The number of hydrogen-bond donors (Lipinski definition) is 2. The molecule has 0 saturated heterocycles. The van der Waals surface area contributed by atoms with Gasteiger partial charge in [0.05, 0.1) is 11.0 Å². The summed E-state index contributed by atoms with van der Waals surface area (Å²) in [6, 6.07) is 7.71. The van der Waals surface area contributed by atoms with Crippen LogP contribution >= 0.6 is 39.9 Å². The molecule has 0 aromatic heterocycles. The van der Waals surface area contributed by atoms with Crippen LogP contribution in [0.25, 0.3) is 0 Å². The van der Waals surface area contributed by atoms with Crippen molar-refractivity contribution >= 4 is 45.9 Å². The predicted molar refractivity (Wildman–Crippen MR) is 94.3 cm³/mol. The second kappa shape index (κ2) is 10.1. The highest BCUT2D eigenvalue weighted by Gasteiger charge is 2.05. The van der Waals surface area contributed by atoms with Gasteiger partial charge in [0.2, 0.25) is 0 Å². The number of ether oxygens (including phenoxy) is 1. The SMILES string of the molecule is C=CCNC(N)=NCC(C)Oc1ccccc1Br.I. The first-order valence-electron chi connectivity index (χ1n) is 5.69. The smallest absolute Gasteiger partial charge is 0.188 e. The van der Waals surface area contributed by atoms with Crippen molar-refractivity contribution in [1.29, 1.82) is 0 Å². The maximum absolute atomic E-state index is 5.74. The van der Waals surface area contributed by atoms with E-state index in [1.807, 2.05) is 31.2 Å². The lowest BCUT2D eigenvalue weighted by Crippen LogP contribution is -2.33. The molecule has 0 saturated carbocycles. The fourth-order valence-corrected chi connectivity index (χ4v) is 1.63. The summed E-state index contributed by atoms with van der Waals surface area (Å²) in [6.07, 6.45) is 1.68. The summed E-state index contributed by atoms with van der Waals surface area (Å²) in [6.45, 7) is 6.64. The van der Waals surface area contributed by atoms with Crippen molar-refractivity contribution < 1.29 is 4.74 Å². The van der Waals surface area contributed by atoms with Crippen molar-refractivity contribution in [2.75, 3.05) is 13.1 Å². The summed E-state index contributed by atoms with van der Waals surface area (Å²) in [4.78, 5) is 4.18. The fraction of sp³-hybridized carbons (Fsp3) is 0.308. The maximum atomic E-state index is 5.74. The quantitative estimate of drug-likeness (QED) is 0.310. The van der Waals surface area contributed by atoms with Crippen LogP contribution in [-0.4, -0.2) is 25.2 Å². The summed E-state index contributed by atoms with van der Waals surface area (Å²) in [5.74, 6) is 1.20. The van der Waals surface area contributed by atoms with Gasteiger partial charge in [0.15, 0.2) is 5.96 Å².